The fourth-order valence-corrected chi connectivity index (χ4v) is 8.24. The molecule has 0 aliphatic heterocycles. The molecule has 0 saturated heterocycles. The smallest absolute Gasteiger partial charge is 0.0390 e. The van der Waals surface area contributed by atoms with Gasteiger partial charge in [-0.25, -0.2) is 0 Å². The van der Waals surface area contributed by atoms with Crippen LogP contribution in [0.2, 0.25) is 0 Å². The van der Waals surface area contributed by atoms with Gasteiger partial charge in [-0.1, -0.05) is 53.7 Å². The van der Waals surface area contributed by atoms with Crippen molar-refractivity contribution < 1.29 is 0 Å². The van der Waals surface area contributed by atoms with E-state index in [-0.39, 0.29) is 10.8 Å². The van der Waals surface area contributed by atoms with Gasteiger partial charge in [0.25, 0.3) is 0 Å². The number of anilines is 2. The Morgan fingerprint density at radius 1 is 0.571 bits per heavy atom. The average Bonchev–Trinajstić information content (AvgIpc) is 3.59. The normalized spacial score (nSPS) is 31.9. The van der Waals surface area contributed by atoms with Gasteiger partial charge in [0.2, 0.25) is 0 Å². The molecule has 4 saturated carbocycles. The van der Waals surface area contributed by atoms with Crippen LogP contribution in [-0.2, 0) is 21.7 Å². The van der Waals surface area contributed by atoms with Crippen LogP contribution in [0.3, 0.4) is 0 Å². The molecule has 4 fully saturated rings. The Balaban J connectivity index is 1.43. The zero-order chi connectivity index (χ0) is 24.6. The summed E-state index contributed by atoms with van der Waals surface area (Å²) in [4.78, 5) is 0. The molecule has 1 heteroatoms. The van der Waals surface area contributed by atoms with E-state index in [9.17, 15) is 0 Å². The van der Waals surface area contributed by atoms with Crippen molar-refractivity contribution >= 4 is 11.4 Å². The number of nitrogens with one attached hydrogen (secondary N) is 1. The molecular formula is C34H47N. The van der Waals surface area contributed by atoms with E-state index in [0.29, 0.717) is 10.8 Å². The summed E-state index contributed by atoms with van der Waals surface area (Å²) in [5.41, 5.74) is 9.92. The van der Waals surface area contributed by atoms with Crippen molar-refractivity contribution in [3.8, 4) is 0 Å². The monoisotopic (exact) mass is 469 g/mol. The van der Waals surface area contributed by atoms with Gasteiger partial charge in [-0.15, -0.1) is 0 Å². The molecular weight excluding hydrogens is 422 g/mol. The van der Waals surface area contributed by atoms with Crippen LogP contribution < -0.4 is 5.32 Å². The Morgan fingerprint density at radius 2 is 0.971 bits per heavy atom. The van der Waals surface area contributed by atoms with E-state index in [1.807, 2.05) is 0 Å². The third kappa shape index (κ3) is 4.15. The van der Waals surface area contributed by atoms with Crippen LogP contribution in [0.25, 0.3) is 0 Å². The van der Waals surface area contributed by atoms with Gasteiger partial charge < -0.3 is 5.32 Å². The van der Waals surface area contributed by atoms with Crippen LogP contribution in [0.15, 0.2) is 36.4 Å². The maximum absolute atomic E-state index is 3.97. The Bertz CT molecular complexity index is 1030. The van der Waals surface area contributed by atoms with Gasteiger partial charge in [0.15, 0.2) is 0 Å². The fraction of sp³-hybridized carbons (Fsp3) is 0.647. The van der Waals surface area contributed by atoms with Crippen molar-refractivity contribution in [3.05, 3.63) is 58.7 Å². The Hall–Kier alpha value is -1.76. The summed E-state index contributed by atoms with van der Waals surface area (Å²) in [7, 11) is 0. The molecule has 1 N–H and O–H groups in total. The summed E-state index contributed by atoms with van der Waals surface area (Å²) in [5.74, 6) is 1.96. The van der Waals surface area contributed by atoms with Crippen LogP contribution in [0, 0.1) is 11.8 Å². The molecule has 0 atom stereocenters. The first-order chi connectivity index (χ1) is 16.4. The minimum absolute atomic E-state index is 0.133. The van der Waals surface area contributed by atoms with Crippen LogP contribution in [-0.4, -0.2) is 0 Å². The lowest BCUT2D eigenvalue weighted by atomic mass is 9.72. The van der Waals surface area contributed by atoms with Gasteiger partial charge in [-0.05, 0) is 144 Å². The van der Waals surface area contributed by atoms with E-state index in [0.717, 1.165) is 11.8 Å². The van der Waals surface area contributed by atoms with E-state index in [2.05, 4.69) is 83.3 Å². The zero-order valence-electron chi connectivity index (χ0n) is 23.2. The molecule has 0 spiro atoms. The highest BCUT2D eigenvalue weighted by molar-refractivity contribution is 5.65. The molecule has 2 aromatic rings. The number of hydrogen-bond donors (Lipinski definition) is 1. The number of fused-ring (bicyclic) bond motifs is 4. The molecule has 0 amide bonds. The summed E-state index contributed by atoms with van der Waals surface area (Å²) in [6, 6.07) is 15.0. The van der Waals surface area contributed by atoms with Crippen LogP contribution in [0.4, 0.5) is 11.4 Å². The molecule has 188 valence electrons. The van der Waals surface area contributed by atoms with Crippen molar-refractivity contribution in [1.29, 1.82) is 0 Å². The molecule has 0 heterocycles. The zero-order valence-corrected chi connectivity index (χ0v) is 23.2. The van der Waals surface area contributed by atoms with Crippen LogP contribution in [0.1, 0.15) is 128 Å². The predicted molar refractivity (Wildman–Crippen MR) is 150 cm³/mol. The molecule has 4 bridgehead atoms. The van der Waals surface area contributed by atoms with Gasteiger partial charge in [0.1, 0.15) is 0 Å². The standard InChI is InChI=1S/C34H47N/c1-31(2,3)25-15-26(32(4,5)6)18-29(17-25)35-30-19-27(33-11-7-23(21-33)8-12-33)16-28(20-30)34-13-9-24(22-34)10-14-34/h15-20,23-24,35H,7-14,21-22H2,1-6H3. The average molecular weight is 470 g/mol. The topological polar surface area (TPSA) is 12.0 Å². The first-order valence-electron chi connectivity index (χ1n) is 14.5. The maximum atomic E-state index is 3.97. The van der Waals surface area contributed by atoms with Crippen molar-refractivity contribution in [2.45, 2.75) is 127 Å². The second kappa shape index (κ2) is 7.87. The Morgan fingerprint density at radius 3 is 1.31 bits per heavy atom. The van der Waals surface area contributed by atoms with Crippen LogP contribution >= 0.6 is 0 Å². The van der Waals surface area contributed by atoms with Gasteiger partial charge in [0, 0.05) is 11.4 Å². The molecule has 0 aromatic heterocycles. The van der Waals surface area contributed by atoms with Crippen molar-refractivity contribution in [1.82, 2.24) is 0 Å². The van der Waals surface area contributed by atoms with Crippen LogP contribution in [0.5, 0.6) is 0 Å². The van der Waals surface area contributed by atoms with Crippen molar-refractivity contribution in [2.75, 3.05) is 5.32 Å². The summed E-state index contributed by atoms with van der Waals surface area (Å²) in [6.45, 7) is 14.0. The number of benzene rings is 2. The first-order valence-corrected chi connectivity index (χ1v) is 14.5. The largest absolute Gasteiger partial charge is 0.355 e. The minimum Gasteiger partial charge on any atom is -0.355 e. The summed E-state index contributed by atoms with van der Waals surface area (Å²) in [6.07, 6.45) is 14.3. The van der Waals surface area contributed by atoms with Gasteiger partial charge >= 0.3 is 0 Å². The van der Waals surface area contributed by atoms with E-state index in [1.165, 1.54) is 86.7 Å². The molecule has 0 unspecified atom stereocenters. The van der Waals surface area contributed by atoms with Gasteiger partial charge in [-0.3, -0.25) is 0 Å². The highest BCUT2D eigenvalue weighted by Gasteiger charge is 2.49. The highest BCUT2D eigenvalue weighted by atomic mass is 14.9. The molecule has 35 heavy (non-hydrogen) atoms. The van der Waals surface area contributed by atoms with Gasteiger partial charge in [-0.2, -0.15) is 0 Å². The molecule has 0 radical (unpaired) electrons. The maximum Gasteiger partial charge on any atom is 0.0390 e. The Kier molecular flexibility index (Phi) is 5.31. The lowest BCUT2D eigenvalue weighted by Gasteiger charge is -2.33. The number of hydrogen-bond acceptors (Lipinski definition) is 1. The molecule has 2 aromatic carbocycles. The van der Waals surface area contributed by atoms with Gasteiger partial charge in [0.05, 0.1) is 0 Å². The molecule has 6 rings (SSSR count). The van der Waals surface area contributed by atoms with E-state index in [4.69, 9.17) is 0 Å². The van der Waals surface area contributed by atoms with E-state index in [1.54, 1.807) is 11.1 Å². The summed E-state index contributed by atoms with van der Waals surface area (Å²) in [5, 5.41) is 3.97. The quantitative estimate of drug-likeness (QED) is 0.470. The highest BCUT2D eigenvalue weighted by Crippen LogP contribution is 2.59. The van der Waals surface area contributed by atoms with Crippen molar-refractivity contribution in [3.63, 3.8) is 0 Å². The fourth-order valence-electron chi connectivity index (χ4n) is 8.24. The minimum atomic E-state index is 0.133. The molecule has 4 aliphatic carbocycles. The first kappa shape index (κ1) is 23.6. The van der Waals surface area contributed by atoms with Crippen molar-refractivity contribution in [2.24, 2.45) is 11.8 Å². The second-order valence-electron chi connectivity index (χ2n) is 15.1. The third-order valence-corrected chi connectivity index (χ3v) is 10.6. The lowest BCUT2D eigenvalue weighted by molar-refractivity contribution is 0.407. The molecule has 1 nitrogen and oxygen atoms in total. The summed E-state index contributed by atoms with van der Waals surface area (Å²) >= 11 is 0. The van der Waals surface area contributed by atoms with E-state index >= 15 is 0 Å². The predicted octanol–water partition coefficient (Wildman–Crippen LogP) is 9.69. The SMILES string of the molecule is CC(C)(C)c1cc(Nc2cc(C34CCC(CC3)C4)cc(C34CCC(CC3)C4)c2)cc(C(C)(C)C)c1. The third-order valence-electron chi connectivity index (χ3n) is 10.6. The summed E-state index contributed by atoms with van der Waals surface area (Å²) < 4.78 is 0. The lowest BCUT2D eigenvalue weighted by Crippen LogP contribution is -2.24. The Labute approximate surface area is 214 Å². The number of rotatable bonds is 4. The van der Waals surface area contributed by atoms with E-state index < -0.39 is 0 Å². The second-order valence-corrected chi connectivity index (χ2v) is 15.1. The molecule has 4 aliphatic rings.